The zero-order chi connectivity index (χ0) is 38.1. The summed E-state index contributed by atoms with van der Waals surface area (Å²) in [5.41, 5.74) is 19.3. The summed E-state index contributed by atoms with van der Waals surface area (Å²) in [6.45, 7) is 10.0. The molecule has 8 rings (SSSR count). The molecule has 14 nitrogen and oxygen atoms in total. The number of carbonyl (C=O) groups is 3. The maximum atomic E-state index is 13.1. The molecule has 5 heterocycles. The van der Waals surface area contributed by atoms with Crippen LogP contribution >= 0.6 is 0 Å². The highest BCUT2D eigenvalue weighted by molar-refractivity contribution is 5.96. The van der Waals surface area contributed by atoms with E-state index in [1.807, 2.05) is 62.3 Å². The van der Waals surface area contributed by atoms with Gasteiger partial charge in [-0.2, -0.15) is 5.10 Å². The lowest BCUT2D eigenvalue weighted by Crippen LogP contribution is -2.49. The van der Waals surface area contributed by atoms with Crippen molar-refractivity contribution in [2.75, 3.05) is 43.4 Å². The van der Waals surface area contributed by atoms with Crippen molar-refractivity contribution in [1.29, 1.82) is 0 Å². The van der Waals surface area contributed by atoms with E-state index in [9.17, 15) is 14.4 Å². The molecule has 1 aromatic carbocycles. The molecule has 0 spiro atoms. The molecule has 1 atom stereocenters. The highest BCUT2D eigenvalue weighted by atomic mass is 16.2. The lowest BCUT2D eigenvalue weighted by molar-refractivity contribution is -0.121. The molecule has 4 fully saturated rings. The molecule has 5 aliphatic rings. The van der Waals surface area contributed by atoms with Gasteiger partial charge in [0, 0.05) is 68.4 Å². The monoisotopic (exact) mass is 735 g/mol. The zero-order valence-electron chi connectivity index (χ0n) is 31.8. The van der Waals surface area contributed by atoms with Crippen LogP contribution in [0.2, 0.25) is 0 Å². The van der Waals surface area contributed by atoms with Gasteiger partial charge in [-0.3, -0.25) is 24.0 Å². The van der Waals surface area contributed by atoms with Crippen molar-refractivity contribution >= 4 is 29.1 Å². The highest BCUT2D eigenvalue weighted by Crippen LogP contribution is 2.45. The Labute approximate surface area is 317 Å². The van der Waals surface area contributed by atoms with Crippen LogP contribution in [0.25, 0.3) is 11.1 Å². The van der Waals surface area contributed by atoms with Crippen molar-refractivity contribution in [3.05, 3.63) is 83.0 Å². The molecule has 2 saturated heterocycles. The quantitative estimate of drug-likeness (QED) is 0.143. The Morgan fingerprint density at radius 2 is 1.69 bits per heavy atom. The van der Waals surface area contributed by atoms with E-state index in [0.717, 1.165) is 98.6 Å². The second-order valence-corrected chi connectivity index (χ2v) is 14.8. The number of pyridine rings is 1. The molecule has 3 aromatic rings. The molecule has 1 unspecified atom stereocenters. The van der Waals surface area contributed by atoms with Crippen molar-refractivity contribution in [1.82, 2.24) is 35.2 Å². The molecule has 286 valence electrons. The Morgan fingerprint density at radius 1 is 0.963 bits per heavy atom. The minimum atomic E-state index is -0.382. The molecule has 2 saturated carbocycles. The lowest BCUT2D eigenvalue weighted by Gasteiger charge is -2.44. The number of fused-ring (bicyclic) bond motifs is 3. The SMILES string of the molecule is CC.CC(c1cccc(C(=O)N2CCCC2)n1)N1CC(n2ncc3c2CN(C)c2c(NC(/C=C(\N)NC(=O)C4CC4)=C(/N)C(=O)NC4CC4)cccc2-3)C1. The Bertz CT molecular complexity index is 1970. The molecular formula is C40H53N11O3. The van der Waals surface area contributed by atoms with Crippen molar-refractivity contribution in [2.45, 2.75) is 84.0 Å². The van der Waals surface area contributed by atoms with Crippen LogP contribution in [-0.2, 0) is 16.1 Å². The van der Waals surface area contributed by atoms with E-state index in [4.69, 9.17) is 21.5 Å². The molecule has 3 amide bonds. The van der Waals surface area contributed by atoms with Crippen LogP contribution in [0.15, 0.2) is 65.9 Å². The predicted octanol–water partition coefficient (Wildman–Crippen LogP) is 3.96. The number of benzene rings is 1. The number of hydrogen-bond donors (Lipinski definition) is 5. The lowest BCUT2D eigenvalue weighted by atomic mass is 9.97. The number of aromatic nitrogens is 3. The van der Waals surface area contributed by atoms with E-state index in [1.165, 1.54) is 6.08 Å². The third kappa shape index (κ3) is 7.65. The molecule has 0 radical (unpaired) electrons. The van der Waals surface area contributed by atoms with Crippen LogP contribution in [0.5, 0.6) is 0 Å². The number of nitrogens with zero attached hydrogens (tertiary/aromatic N) is 6. The van der Waals surface area contributed by atoms with Crippen LogP contribution in [0.3, 0.4) is 0 Å². The van der Waals surface area contributed by atoms with E-state index < -0.39 is 0 Å². The maximum Gasteiger partial charge on any atom is 0.272 e. The number of likely N-dealkylation sites (tertiary alicyclic amines) is 2. The van der Waals surface area contributed by atoms with E-state index in [1.54, 1.807) is 0 Å². The second kappa shape index (κ2) is 15.5. The first-order valence-corrected chi connectivity index (χ1v) is 19.4. The van der Waals surface area contributed by atoms with Gasteiger partial charge in [0.25, 0.3) is 11.8 Å². The number of hydrogen-bond acceptors (Lipinski definition) is 10. The zero-order valence-corrected chi connectivity index (χ0v) is 31.8. The summed E-state index contributed by atoms with van der Waals surface area (Å²) >= 11 is 0. The summed E-state index contributed by atoms with van der Waals surface area (Å²) in [6.07, 6.45) is 9.11. The standard InChI is InChI=1S/C38H47N11O3.C2H6/c1-22(28-8-6-10-30(43-28)38(52)47-15-3-4-16-47)48-19-25(20-48)49-32-21-46(2)35-26(27(32)18-41-49)7-5-9-29(35)44-31(34(40)37(51)42-24-13-14-24)17-33(39)45-36(50)23-11-12-23;1-2/h5-10,17-18,22-25,44H,3-4,11-16,19-21,39-40H2,1-2H3,(H,42,51)(H,45,50);1-2H3/b33-17+,34-31+;. The van der Waals surface area contributed by atoms with Crippen molar-refractivity contribution < 1.29 is 14.4 Å². The normalized spacial score (nSPS) is 19.4. The number of amides is 3. The van der Waals surface area contributed by atoms with Gasteiger partial charge in [-0.05, 0) is 63.6 Å². The minimum absolute atomic E-state index is 0.0102. The van der Waals surface area contributed by atoms with Crippen LogP contribution in [-0.4, -0.2) is 81.6 Å². The van der Waals surface area contributed by atoms with Gasteiger partial charge < -0.3 is 37.2 Å². The fourth-order valence-electron chi connectivity index (χ4n) is 7.41. The summed E-state index contributed by atoms with van der Waals surface area (Å²) in [7, 11) is 2.04. The van der Waals surface area contributed by atoms with Gasteiger partial charge in [-0.25, -0.2) is 4.98 Å². The summed E-state index contributed by atoms with van der Waals surface area (Å²) in [4.78, 5) is 49.7. The Morgan fingerprint density at radius 3 is 2.39 bits per heavy atom. The third-order valence-corrected chi connectivity index (χ3v) is 10.8. The fraction of sp³-hybridized carbons (Fsp3) is 0.475. The summed E-state index contributed by atoms with van der Waals surface area (Å²) in [5, 5.41) is 14.0. The van der Waals surface area contributed by atoms with Gasteiger partial charge in [0.05, 0.1) is 47.2 Å². The van der Waals surface area contributed by atoms with Gasteiger partial charge in [-0.15, -0.1) is 0 Å². The molecule has 7 N–H and O–H groups in total. The van der Waals surface area contributed by atoms with Crippen molar-refractivity contribution in [3.63, 3.8) is 0 Å². The topological polar surface area (TPSA) is 180 Å². The molecule has 3 aliphatic heterocycles. The number of nitrogens with two attached hydrogens (primary N) is 2. The van der Waals surface area contributed by atoms with E-state index in [0.29, 0.717) is 17.9 Å². The molecule has 2 aliphatic carbocycles. The van der Waals surface area contributed by atoms with E-state index in [-0.39, 0.29) is 53.3 Å². The van der Waals surface area contributed by atoms with Gasteiger partial charge in [0.15, 0.2) is 0 Å². The Balaban J connectivity index is 0.00000221. The smallest absolute Gasteiger partial charge is 0.272 e. The highest BCUT2D eigenvalue weighted by Gasteiger charge is 2.37. The molecule has 54 heavy (non-hydrogen) atoms. The van der Waals surface area contributed by atoms with Gasteiger partial charge in [0.1, 0.15) is 17.2 Å². The van der Waals surface area contributed by atoms with Crippen LogP contribution in [0.1, 0.15) is 93.3 Å². The Kier molecular flexibility index (Phi) is 10.6. The first kappa shape index (κ1) is 37.0. The maximum absolute atomic E-state index is 13.1. The summed E-state index contributed by atoms with van der Waals surface area (Å²) in [6, 6.07) is 12.1. The van der Waals surface area contributed by atoms with Crippen LogP contribution in [0, 0.1) is 5.92 Å². The van der Waals surface area contributed by atoms with E-state index >= 15 is 0 Å². The van der Waals surface area contributed by atoms with Gasteiger partial charge in [-0.1, -0.05) is 32.0 Å². The number of allylic oxidation sites excluding steroid dienone is 1. The third-order valence-electron chi connectivity index (χ3n) is 10.8. The average molecular weight is 736 g/mol. The molecule has 2 aromatic heterocycles. The second-order valence-electron chi connectivity index (χ2n) is 14.8. The van der Waals surface area contributed by atoms with Crippen LogP contribution in [0.4, 0.5) is 11.4 Å². The summed E-state index contributed by atoms with van der Waals surface area (Å²) < 4.78 is 2.15. The number of rotatable bonds is 11. The number of nitrogens with one attached hydrogen (secondary N) is 3. The average Bonchev–Trinajstić information content (AvgIpc) is 4.08. The summed E-state index contributed by atoms with van der Waals surface area (Å²) in [5.74, 6) is -0.399. The van der Waals surface area contributed by atoms with E-state index in [2.05, 4.69) is 43.4 Å². The first-order chi connectivity index (χ1) is 26.1. The number of anilines is 2. The molecular weight excluding hydrogens is 683 g/mol. The first-order valence-electron chi connectivity index (χ1n) is 19.4. The van der Waals surface area contributed by atoms with Crippen molar-refractivity contribution in [2.24, 2.45) is 17.4 Å². The minimum Gasteiger partial charge on any atom is -0.393 e. The number of carbonyl (C=O) groups excluding carboxylic acids is 3. The van der Waals surface area contributed by atoms with Gasteiger partial charge >= 0.3 is 0 Å². The predicted molar refractivity (Wildman–Crippen MR) is 209 cm³/mol. The largest absolute Gasteiger partial charge is 0.393 e. The molecule has 14 heteroatoms. The van der Waals surface area contributed by atoms with Gasteiger partial charge in [0.2, 0.25) is 5.91 Å². The Hall–Kier alpha value is -5.37. The molecule has 0 bridgehead atoms. The fourth-order valence-corrected chi connectivity index (χ4v) is 7.41. The number of para-hydroxylation sites is 1. The van der Waals surface area contributed by atoms with Crippen molar-refractivity contribution in [3.8, 4) is 11.1 Å². The van der Waals surface area contributed by atoms with Crippen LogP contribution < -0.4 is 32.3 Å².